The molecule has 176 valence electrons. The maximum absolute atomic E-state index is 13.0. The number of para-hydroxylation sites is 1. The number of fused-ring (bicyclic) bond motifs is 2. The lowest BCUT2D eigenvalue weighted by Crippen LogP contribution is -2.14. The number of esters is 1. The van der Waals surface area contributed by atoms with Crippen LogP contribution in [0.4, 0.5) is 0 Å². The second-order valence-electron chi connectivity index (χ2n) is 8.20. The highest BCUT2D eigenvalue weighted by atomic mass is 16.5. The molecule has 0 aliphatic heterocycles. The lowest BCUT2D eigenvalue weighted by atomic mass is 10.0. The Kier molecular flexibility index (Phi) is 6.54. The number of hydrogen-bond acceptors (Lipinski definition) is 6. The van der Waals surface area contributed by atoms with E-state index in [0.717, 1.165) is 27.5 Å². The summed E-state index contributed by atoms with van der Waals surface area (Å²) in [5.74, 6) is -0.0434. The number of nitrogens with zero attached hydrogens (tertiary/aromatic N) is 1. The highest BCUT2D eigenvalue weighted by Crippen LogP contribution is 2.27. The number of Topliss-reactive ketones (excluding diaryl/α,β-unsaturated/α-hetero) is 1. The van der Waals surface area contributed by atoms with E-state index in [-0.39, 0.29) is 31.2 Å². The largest absolute Gasteiger partial charge is 0.485 e. The van der Waals surface area contributed by atoms with Crippen LogP contribution in [-0.4, -0.2) is 29.5 Å². The third-order valence-corrected chi connectivity index (χ3v) is 6.19. The van der Waals surface area contributed by atoms with Crippen LogP contribution < -0.4 is 10.4 Å². The molecule has 0 unspecified atom stereocenters. The molecule has 4 aromatic rings. The fourth-order valence-electron chi connectivity index (χ4n) is 4.31. The van der Waals surface area contributed by atoms with E-state index in [1.807, 2.05) is 49.7 Å². The summed E-state index contributed by atoms with van der Waals surface area (Å²) in [5, 5.41) is 1.65. The van der Waals surface area contributed by atoms with E-state index >= 15 is 0 Å². The van der Waals surface area contributed by atoms with Gasteiger partial charge in [0.2, 0.25) is 5.78 Å². The number of carbonyl (C=O) groups excluding carboxylic acids is 2. The zero-order valence-electron chi connectivity index (χ0n) is 19.8. The fraction of sp³-hybridized carbons (Fsp3) is 0.296. The van der Waals surface area contributed by atoms with Gasteiger partial charge in [0.25, 0.3) is 0 Å². The lowest BCUT2D eigenvalue weighted by Gasteiger charge is -2.10. The van der Waals surface area contributed by atoms with Gasteiger partial charge >= 0.3 is 11.6 Å². The van der Waals surface area contributed by atoms with Crippen LogP contribution in [0.5, 0.6) is 5.75 Å². The summed E-state index contributed by atoms with van der Waals surface area (Å²) < 4.78 is 18.2. The van der Waals surface area contributed by atoms with Gasteiger partial charge in [-0.1, -0.05) is 18.2 Å². The topological polar surface area (TPSA) is 87.7 Å². The molecule has 0 atom stereocenters. The molecular formula is C27H27NO6. The first kappa shape index (κ1) is 23.3. The number of aryl methyl sites for hydroxylation is 2. The number of aromatic nitrogens is 1. The van der Waals surface area contributed by atoms with E-state index in [0.29, 0.717) is 29.1 Å². The Morgan fingerprint density at radius 1 is 1.06 bits per heavy atom. The summed E-state index contributed by atoms with van der Waals surface area (Å²) in [7, 11) is 1.93. The normalized spacial score (nSPS) is 11.2. The quantitative estimate of drug-likeness (QED) is 0.215. The van der Waals surface area contributed by atoms with Crippen LogP contribution in [0.3, 0.4) is 0 Å². The minimum absolute atomic E-state index is 0.113. The van der Waals surface area contributed by atoms with Gasteiger partial charge in [-0.3, -0.25) is 9.59 Å². The molecule has 2 heterocycles. The van der Waals surface area contributed by atoms with Gasteiger partial charge in [0.1, 0.15) is 11.3 Å². The van der Waals surface area contributed by atoms with Gasteiger partial charge in [-0.05, 0) is 51.0 Å². The van der Waals surface area contributed by atoms with Crippen molar-refractivity contribution in [2.45, 2.75) is 33.6 Å². The summed E-state index contributed by atoms with van der Waals surface area (Å²) in [6.45, 7) is 5.65. The number of carbonyl (C=O) groups is 2. The molecule has 0 N–H and O–H groups in total. The van der Waals surface area contributed by atoms with Crippen molar-refractivity contribution in [2.24, 2.45) is 7.05 Å². The number of hydrogen-bond donors (Lipinski definition) is 0. The molecular weight excluding hydrogens is 434 g/mol. The summed E-state index contributed by atoms with van der Waals surface area (Å²) in [6.07, 6.45) is 0.363. The van der Waals surface area contributed by atoms with E-state index in [2.05, 4.69) is 0 Å². The van der Waals surface area contributed by atoms with Gasteiger partial charge in [0.05, 0.1) is 6.61 Å². The Bertz CT molecular complexity index is 1460. The van der Waals surface area contributed by atoms with E-state index in [1.54, 1.807) is 25.1 Å². The Morgan fingerprint density at radius 2 is 1.82 bits per heavy atom. The molecule has 0 saturated carbocycles. The van der Waals surface area contributed by atoms with Gasteiger partial charge in [-0.25, -0.2) is 4.79 Å². The van der Waals surface area contributed by atoms with Crippen LogP contribution in [0.2, 0.25) is 0 Å². The van der Waals surface area contributed by atoms with E-state index in [9.17, 15) is 14.4 Å². The number of ether oxygens (including phenoxy) is 2. The fourth-order valence-corrected chi connectivity index (χ4v) is 4.31. The van der Waals surface area contributed by atoms with Crippen molar-refractivity contribution in [1.82, 2.24) is 4.57 Å². The van der Waals surface area contributed by atoms with Crippen LogP contribution >= 0.6 is 0 Å². The van der Waals surface area contributed by atoms with Crippen LogP contribution in [0, 0.1) is 13.8 Å². The molecule has 0 amide bonds. The standard InChI is InChI=1S/C27H27NO6/c1-5-32-25(30)13-12-20-16(2)19-11-10-18(14-24(19)34-27(20)31)33-15-23(29)26-17(3)28(4)22-9-7-6-8-21(22)26/h6-11,14H,5,12-13,15H2,1-4H3. The molecule has 7 heteroatoms. The van der Waals surface area contributed by atoms with Crippen molar-refractivity contribution in [1.29, 1.82) is 0 Å². The zero-order valence-corrected chi connectivity index (χ0v) is 19.8. The number of benzene rings is 2. The van der Waals surface area contributed by atoms with Gasteiger partial charge in [-0.2, -0.15) is 0 Å². The second-order valence-corrected chi connectivity index (χ2v) is 8.20. The minimum Gasteiger partial charge on any atom is -0.485 e. The third-order valence-electron chi connectivity index (χ3n) is 6.19. The Balaban J connectivity index is 1.54. The maximum Gasteiger partial charge on any atom is 0.339 e. The van der Waals surface area contributed by atoms with Crippen molar-refractivity contribution < 1.29 is 23.5 Å². The third kappa shape index (κ3) is 4.33. The first-order valence-electron chi connectivity index (χ1n) is 11.2. The first-order valence-corrected chi connectivity index (χ1v) is 11.2. The lowest BCUT2D eigenvalue weighted by molar-refractivity contribution is -0.143. The summed E-state index contributed by atoms with van der Waals surface area (Å²) in [6, 6.07) is 12.9. The highest BCUT2D eigenvalue weighted by molar-refractivity contribution is 6.10. The molecule has 2 aromatic heterocycles. The second kappa shape index (κ2) is 9.55. The van der Waals surface area contributed by atoms with E-state index < -0.39 is 5.63 Å². The van der Waals surface area contributed by atoms with Gasteiger partial charge in [0, 0.05) is 52.6 Å². The average Bonchev–Trinajstić information content (AvgIpc) is 3.07. The van der Waals surface area contributed by atoms with Crippen molar-refractivity contribution >= 4 is 33.6 Å². The van der Waals surface area contributed by atoms with Crippen LogP contribution in [0.1, 0.15) is 40.5 Å². The zero-order chi connectivity index (χ0) is 24.4. The van der Waals surface area contributed by atoms with Gasteiger partial charge in [-0.15, -0.1) is 0 Å². The molecule has 0 bridgehead atoms. The smallest absolute Gasteiger partial charge is 0.339 e. The first-order chi connectivity index (χ1) is 16.3. The predicted molar refractivity (Wildman–Crippen MR) is 130 cm³/mol. The van der Waals surface area contributed by atoms with Crippen molar-refractivity contribution in [2.75, 3.05) is 13.2 Å². The Morgan fingerprint density at radius 3 is 2.59 bits per heavy atom. The van der Waals surface area contributed by atoms with E-state index in [4.69, 9.17) is 13.9 Å². The van der Waals surface area contributed by atoms with Crippen LogP contribution in [0.25, 0.3) is 21.9 Å². The van der Waals surface area contributed by atoms with Crippen LogP contribution in [0.15, 0.2) is 51.7 Å². The molecule has 0 aliphatic rings. The molecule has 0 saturated heterocycles. The SMILES string of the molecule is CCOC(=O)CCc1c(C)c2ccc(OCC(=O)c3c(C)n(C)c4ccccc34)cc2oc1=O. The molecule has 0 spiro atoms. The van der Waals surface area contributed by atoms with E-state index in [1.165, 1.54) is 0 Å². The Labute approximate surface area is 196 Å². The van der Waals surface area contributed by atoms with Crippen molar-refractivity contribution in [3.05, 3.63) is 75.3 Å². The predicted octanol–water partition coefficient (Wildman–Crippen LogP) is 4.66. The molecule has 4 rings (SSSR count). The monoisotopic (exact) mass is 461 g/mol. The average molecular weight is 462 g/mol. The van der Waals surface area contributed by atoms with Gasteiger partial charge in [0.15, 0.2) is 6.61 Å². The maximum atomic E-state index is 13.0. The number of ketones is 1. The van der Waals surface area contributed by atoms with Crippen molar-refractivity contribution in [3.8, 4) is 5.75 Å². The highest BCUT2D eigenvalue weighted by Gasteiger charge is 2.19. The molecule has 7 nitrogen and oxygen atoms in total. The Hall–Kier alpha value is -3.87. The van der Waals surface area contributed by atoms with Crippen LogP contribution in [-0.2, 0) is 23.0 Å². The molecule has 0 fully saturated rings. The molecule has 34 heavy (non-hydrogen) atoms. The molecule has 2 aromatic carbocycles. The number of rotatable bonds is 8. The summed E-state index contributed by atoms with van der Waals surface area (Å²) >= 11 is 0. The summed E-state index contributed by atoms with van der Waals surface area (Å²) in [4.78, 5) is 37.2. The molecule has 0 radical (unpaired) electrons. The van der Waals surface area contributed by atoms with Gasteiger partial charge < -0.3 is 18.5 Å². The van der Waals surface area contributed by atoms with Crippen molar-refractivity contribution in [3.63, 3.8) is 0 Å². The minimum atomic E-state index is -0.492. The summed E-state index contributed by atoms with van der Waals surface area (Å²) in [5.41, 5.74) is 3.60. The molecule has 0 aliphatic carbocycles.